The Bertz CT molecular complexity index is 1170. The molecule has 0 aromatic heterocycles. The fourth-order valence-corrected chi connectivity index (χ4v) is 4.35. The lowest BCUT2D eigenvalue weighted by molar-refractivity contribution is -0.142. The van der Waals surface area contributed by atoms with Crippen LogP contribution in [0.1, 0.15) is 28.7 Å². The van der Waals surface area contributed by atoms with E-state index in [1.807, 2.05) is 127 Å². The smallest absolute Gasteiger partial charge is 0.326 e. The van der Waals surface area contributed by atoms with Crippen molar-refractivity contribution in [2.24, 2.45) is 0 Å². The van der Waals surface area contributed by atoms with Gasteiger partial charge in [0.1, 0.15) is 11.5 Å². The van der Waals surface area contributed by atoms with E-state index in [0.29, 0.717) is 0 Å². The van der Waals surface area contributed by atoms with Gasteiger partial charge >= 0.3 is 5.97 Å². The average molecular weight is 462 g/mol. The van der Waals surface area contributed by atoms with Gasteiger partial charge < -0.3 is 10.4 Å². The van der Waals surface area contributed by atoms with Gasteiger partial charge in [0.25, 0.3) is 0 Å². The average Bonchev–Trinajstić information content (AvgIpc) is 2.91. The number of carboxylic acid groups (broad SMARTS) is 1. The van der Waals surface area contributed by atoms with Gasteiger partial charge in [-0.05, 0) is 28.7 Å². The van der Waals surface area contributed by atoms with Crippen LogP contribution in [0.3, 0.4) is 0 Å². The first-order chi connectivity index (χ1) is 17.1. The molecule has 174 valence electrons. The summed E-state index contributed by atoms with van der Waals surface area (Å²) in [5.74, 6) is -1.47. The Morgan fingerprint density at radius 1 is 0.686 bits per heavy atom. The minimum absolute atomic E-state index is 0.157. The summed E-state index contributed by atoms with van der Waals surface area (Å²) >= 11 is 0. The topological polar surface area (TPSA) is 66.4 Å². The molecule has 4 aromatic carbocycles. The Balaban J connectivity index is 1.76. The first-order valence-corrected chi connectivity index (χ1v) is 11.5. The van der Waals surface area contributed by atoms with E-state index in [4.69, 9.17) is 0 Å². The molecule has 4 rings (SSSR count). The molecule has 0 unspecified atom stereocenters. The summed E-state index contributed by atoms with van der Waals surface area (Å²) in [4.78, 5) is 26.4. The maximum atomic E-state index is 14.2. The van der Waals surface area contributed by atoms with Crippen LogP contribution in [0, 0.1) is 0 Å². The molecule has 0 aliphatic rings. The van der Waals surface area contributed by atoms with E-state index in [0.717, 1.165) is 22.3 Å². The fourth-order valence-electron chi connectivity index (χ4n) is 4.35. The molecule has 0 bridgehead atoms. The lowest BCUT2D eigenvalue weighted by Gasteiger charge is -2.35. The molecule has 1 amide bonds. The van der Waals surface area contributed by atoms with Crippen molar-refractivity contribution in [2.45, 2.75) is 17.9 Å². The maximum Gasteiger partial charge on any atom is 0.326 e. The summed E-state index contributed by atoms with van der Waals surface area (Å²) in [7, 11) is 0. The number of amides is 1. The number of hydrogen-bond acceptors (Lipinski definition) is 2. The van der Waals surface area contributed by atoms with Gasteiger partial charge in [-0.2, -0.15) is 0 Å². The summed E-state index contributed by atoms with van der Waals surface area (Å²) in [6.07, 6.45) is 3.80. The third-order valence-electron chi connectivity index (χ3n) is 6.05. The summed E-state index contributed by atoms with van der Waals surface area (Å²) in [5, 5.41) is 12.8. The Morgan fingerprint density at radius 3 is 1.49 bits per heavy atom. The van der Waals surface area contributed by atoms with Crippen molar-refractivity contribution in [3.05, 3.63) is 150 Å². The Labute approximate surface area is 205 Å². The van der Waals surface area contributed by atoms with Gasteiger partial charge in [-0.15, -0.1) is 0 Å². The zero-order chi connectivity index (χ0) is 24.5. The van der Waals surface area contributed by atoms with E-state index in [1.54, 1.807) is 6.08 Å². The zero-order valence-corrected chi connectivity index (χ0v) is 19.2. The summed E-state index contributed by atoms with van der Waals surface area (Å²) < 4.78 is 0. The second kappa shape index (κ2) is 11.1. The second-order valence-corrected chi connectivity index (χ2v) is 8.26. The predicted molar refractivity (Wildman–Crippen MR) is 139 cm³/mol. The fraction of sp³-hybridized carbons (Fsp3) is 0.0968. The second-order valence-electron chi connectivity index (χ2n) is 8.26. The standard InChI is InChI=1S/C31H27NO3/c33-29(34)28(23-13-16-24-14-5-1-6-15-24)32-30(35)31(25-17-7-2-8-18-25,26-19-9-3-10-20-26)27-21-11-4-12-22-27/h1-22,28H,23H2,(H,32,35)(H,33,34)/b16-13+/t28-/m1/s1. The van der Waals surface area contributed by atoms with Crippen LogP contribution in [-0.2, 0) is 15.0 Å². The Hall–Kier alpha value is -4.44. The Kier molecular flexibility index (Phi) is 7.53. The van der Waals surface area contributed by atoms with Crippen LogP contribution in [-0.4, -0.2) is 23.0 Å². The number of aliphatic carboxylic acids is 1. The van der Waals surface area contributed by atoms with Crippen LogP contribution in [0.2, 0.25) is 0 Å². The van der Waals surface area contributed by atoms with Crippen LogP contribution >= 0.6 is 0 Å². The van der Waals surface area contributed by atoms with Crippen molar-refractivity contribution in [3.8, 4) is 0 Å². The normalized spacial score (nSPS) is 12.2. The number of hydrogen-bond donors (Lipinski definition) is 2. The molecular formula is C31H27NO3. The molecule has 4 heteroatoms. The van der Waals surface area contributed by atoms with Gasteiger partial charge in [0.2, 0.25) is 5.91 Å². The number of carboxylic acids is 1. The number of carbonyl (C=O) groups excluding carboxylic acids is 1. The highest BCUT2D eigenvalue weighted by atomic mass is 16.4. The highest BCUT2D eigenvalue weighted by Crippen LogP contribution is 2.39. The molecule has 0 saturated heterocycles. The lowest BCUT2D eigenvalue weighted by Crippen LogP contribution is -2.51. The SMILES string of the molecule is O=C(O)[C@@H](C/C=C/c1ccccc1)NC(=O)C(c1ccccc1)(c1ccccc1)c1ccccc1. The highest BCUT2D eigenvalue weighted by molar-refractivity contribution is 5.98. The third kappa shape index (κ3) is 5.22. The van der Waals surface area contributed by atoms with Gasteiger partial charge in [-0.1, -0.05) is 133 Å². The highest BCUT2D eigenvalue weighted by Gasteiger charge is 2.44. The molecule has 0 fully saturated rings. The summed E-state index contributed by atoms with van der Waals surface area (Å²) in [6, 6.07) is 37.0. The molecule has 2 N–H and O–H groups in total. The van der Waals surface area contributed by atoms with E-state index >= 15 is 0 Å². The molecule has 0 spiro atoms. The van der Waals surface area contributed by atoms with Gasteiger partial charge in [0.15, 0.2) is 0 Å². The van der Waals surface area contributed by atoms with E-state index in [2.05, 4.69) is 5.32 Å². The van der Waals surface area contributed by atoms with Gasteiger partial charge in [0.05, 0.1) is 0 Å². The van der Waals surface area contributed by atoms with Gasteiger partial charge in [0, 0.05) is 0 Å². The third-order valence-corrected chi connectivity index (χ3v) is 6.05. The van der Waals surface area contributed by atoms with Crippen molar-refractivity contribution in [1.29, 1.82) is 0 Å². The number of rotatable bonds is 9. The molecule has 4 aromatic rings. The van der Waals surface area contributed by atoms with Crippen LogP contribution in [0.15, 0.2) is 127 Å². The first-order valence-electron chi connectivity index (χ1n) is 11.5. The number of benzene rings is 4. The first kappa shape index (κ1) is 23.7. The van der Waals surface area contributed by atoms with E-state index in [9.17, 15) is 14.7 Å². The maximum absolute atomic E-state index is 14.2. The Morgan fingerprint density at radius 2 is 1.09 bits per heavy atom. The number of carbonyl (C=O) groups is 2. The molecule has 0 saturated carbocycles. The van der Waals surface area contributed by atoms with E-state index in [-0.39, 0.29) is 12.3 Å². The molecule has 35 heavy (non-hydrogen) atoms. The van der Waals surface area contributed by atoms with Crippen LogP contribution in [0.5, 0.6) is 0 Å². The van der Waals surface area contributed by atoms with Crippen molar-refractivity contribution in [1.82, 2.24) is 5.32 Å². The largest absolute Gasteiger partial charge is 0.480 e. The lowest BCUT2D eigenvalue weighted by atomic mass is 9.68. The molecule has 0 radical (unpaired) electrons. The van der Waals surface area contributed by atoms with Crippen LogP contribution in [0.25, 0.3) is 6.08 Å². The molecule has 1 atom stereocenters. The van der Waals surface area contributed by atoms with E-state index < -0.39 is 17.4 Å². The van der Waals surface area contributed by atoms with Crippen LogP contribution < -0.4 is 5.32 Å². The zero-order valence-electron chi connectivity index (χ0n) is 19.2. The quantitative estimate of drug-likeness (QED) is 0.315. The molecule has 4 nitrogen and oxygen atoms in total. The van der Waals surface area contributed by atoms with Gasteiger partial charge in [-0.25, -0.2) is 4.79 Å². The number of nitrogens with one attached hydrogen (secondary N) is 1. The molecule has 0 aliphatic heterocycles. The summed E-state index contributed by atoms with van der Waals surface area (Å²) in [6.45, 7) is 0. The minimum atomic E-state index is -1.22. The molecule has 0 heterocycles. The van der Waals surface area contributed by atoms with Crippen molar-refractivity contribution >= 4 is 18.0 Å². The van der Waals surface area contributed by atoms with Crippen molar-refractivity contribution in [2.75, 3.05) is 0 Å². The molecular weight excluding hydrogens is 434 g/mol. The van der Waals surface area contributed by atoms with Crippen molar-refractivity contribution in [3.63, 3.8) is 0 Å². The predicted octanol–water partition coefficient (Wildman–Crippen LogP) is 5.69. The monoisotopic (exact) mass is 461 g/mol. The minimum Gasteiger partial charge on any atom is -0.480 e. The van der Waals surface area contributed by atoms with E-state index in [1.165, 1.54) is 0 Å². The van der Waals surface area contributed by atoms with Crippen LogP contribution in [0.4, 0.5) is 0 Å². The molecule has 0 aliphatic carbocycles. The van der Waals surface area contributed by atoms with Gasteiger partial charge in [-0.3, -0.25) is 4.79 Å². The summed E-state index contributed by atoms with van der Waals surface area (Å²) in [5.41, 5.74) is 2.03. The van der Waals surface area contributed by atoms with Crippen molar-refractivity contribution < 1.29 is 14.7 Å².